The van der Waals surface area contributed by atoms with Crippen LogP contribution in [0.4, 0.5) is 0 Å². The van der Waals surface area contributed by atoms with Gasteiger partial charge in [-0.1, -0.05) is 56.9 Å². The van der Waals surface area contributed by atoms with Crippen LogP contribution in [0, 0.1) is 0 Å². The quantitative estimate of drug-likeness (QED) is 0.819. The Morgan fingerprint density at radius 1 is 1.19 bits per heavy atom. The third kappa shape index (κ3) is 2.46. The number of hydrogen-bond acceptors (Lipinski definition) is 1. The molecule has 1 heteroatoms. The Morgan fingerprint density at radius 3 is 2.62 bits per heavy atom. The van der Waals surface area contributed by atoms with Crippen LogP contribution in [-0.2, 0) is 12.0 Å². The minimum atomic E-state index is -0.0397. The summed E-state index contributed by atoms with van der Waals surface area (Å²) in [7, 11) is 0. The molecule has 1 saturated carbocycles. The van der Waals surface area contributed by atoms with E-state index in [1.54, 1.807) is 0 Å². The number of benzene rings is 1. The summed E-state index contributed by atoms with van der Waals surface area (Å²) in [5.41, 5.74) is 9.31. The maximum atomic E-state index is 6.55. The molecule has 1 aliphatic carbocycles. The van der Waals surface area contributed by atoms with Gasteiger partial charge in [-0.3, -0.25) is 0 Å². The van der Waals surface area contributed by atoms with Gasteiger partial charge < -0.3 is 5.73 Å². The van der Waals surface area contributed by atoms with Gasteiger partial charge in [-0.15, -0.1) is 0 Å². The number of nitrogens with two attached hydrogens (primary N) is 1. The zero-order chi connectivity index (χ0) is 11.4. The zero-order valence-electron chi connectivity index (χ0n) is 10.3. The van der Waals surface area contributed by atoms with Crippen molar-refractivity contribution in [3.05, 3.63) is 35.4 Å². The van der Waals surface area contributed by atoms with Crippen LogP contribution in [0.3, 0.4) is 0 Å². The van der Waals surface area contributed by atoms with Crippen LogP contribution in [0.1, 0.15) is 56.6 Å². The smallest absolute Gasteiger partial charge is 0.0409 e. The van der Waals surface area contributed by atoms with E-state index < -0.39 is 0 Å². The second-order valence-electron chi connectivity index (χ2n) is 5.17. The lowest BCUT2D eigenvalue weighted by molar-refractivity contribution is 0.302. The minimum Gasteiger partial charge on any atom is -0.321 e. The molecule has 0 heterocycles. The Kier molecular flexibility index (Phi) is 3.65. The van der Waals surface area contributed by atoms with Gasteiger partial charge in [-0.05, 0) is 30.4 Å². The van der Waals surface area contributed by atoms with Crippen LogP contribution in [0.25, 0.3) is 0 Å². The molecule has 0 aromatic heterocycles. The second kappa shape index (κ2) is 5.01. The average Bonchev–Trinajstić information content (AvgIpc) is 2.31. The Bertz CT molecular complexity index is 337. The molecule has 2 rings (SSSR count). The van der Waals surface area contributed by atoms with E-state index in [9.17, 15) is 0 Å². The first-order valence-corrected chi connectivity index (χ1v) is 6.63. The van der Waals surface area contributed by atoms with Crippen molar-refractivity contribution in [1.29, 1.82) is 0 Å². The fraction of sp³-hybridized carbons (Fsp3) is 0.600. The second-order valence-corrected chi connectivity index (χ2v) is 5.17. The predicted octanol–water partition coefficient (Wildman–Crippen LogP) is 3.76. The van der Waals surface area contributed by atoms with Crippen molar-refractivity contribution in [3.8, 4) is 0 Å². The monoisotopic (exact) mass is 217 g/mol. The molecular weight excluding hydrogens is 194 g/mol. The summed E-state index contributed by atoms with van der Waals surface area (Å²) in [6.07, 6.45) is 8.62. The summed E-state index contributed by atoms with van der Waals surface area (Å²) >= 11 is 0. The van der Waals surface area contributed by atoms with Gasteiger partial charge in [0, 0.05) is 5.54 Å². The highest BCUT2D eigenvalue weighted by Crippen LogP contribution is 2.34. The van der Waals surface area contributed by atoms with Crippen molar-refractivity contribution in [2.75, 3.05) is 0 Å². The number of hydrogen-bond donors (Lipinski definition) is 1. The summed E-state index contributed by atoms with van der Waals surface area (Å²) in [5, 5.41) is 0. The normalized spacial score (nSPS) is 19.6. The lowest BCUT2D eigenvalue weighted by atomic mass is 9.77. The Balaban J connectivity index is 2.21. The molecule has 0 atom stereocenters. The van der Waals surface area contributed by atoms with Crippen molar-refractivity contribution in [1.82, 2.24) is 0 Å². The SMILES string of the molecule is CCCc1cccc(C2(N)CCCCC2)c1. The van der Waals surface area contributed by atoms with Gasteiger partial charge in [-0.25, -0.2) is 0 Å². The first kappa shape index (κ1) is 11.7. The molecule has 16 heavy (non-hydrogen) atoms. The first-order valence-electron chi connectivity index (χ1n) is 6.63. The maximum absolute atomic E-state index is 6.55. The van der Waals surface area contributed by atoms with E-state index in [-0.39, 0.29) is 5.54 Å². The topological polar surface area (TPSA) is 26.0 Å². The van der Waals surface area contributed by atoms with E-state index in [0.29, 0.717) is 0 Å². The van der Waals surface area contributed by atoms with Gasteiger partial charge in [0.05, 0.1) is 0 Å². The molecular formula is C15H23N. The molecule has 0 bridgehead atoms. The molecule has 1 aromatic carbocycles. The predicted molar refractivity (Wildman–Crippen MR) is 69.4 cm³/mol. The van der Waals surface area contributed by atoms with Gasteiger partial charge in [0.2, 0.25) is 0 Å². The first-order chi connectivity index (χ1) is 7.74. The lowest BCUT2D eigenvalue weighted by Gasteiger charge is -2.34. The highest BCUT2D eigenvalue weighted by molar-refractivity contribution is 5.30. The zero-order valence-corrected chi connectivity index (χ0v) is 10.3. The molecule has 1 aromatic rings. The molecule has 0 saturated heterocycles. The Morgan fingerprint density at radius 2 is 1.94 bits per heavy atom. The molecule has 0 aliphatic heterocycles. The van der Waals surface area contributed by atoms with Crippen molar-refractivity contribution in [2.24, 2.45) is 5.73 Å². The molecule has 1 fully saturated rings. The Labute approximate surface area is 99.0 Å². The van der Waals surface area contributed by atoms with E-state index in [1.807, 2.05) is 0 Å². The number of rotatable bonds is 3. The summed E-state index contributed by atoms with van der Waals surface area (Å²) < 4.78 is 0. The minimum absolute atomic E-state index is 0.0397. The van der Waals surface area contributed by atoms with Gasteiger partial charge >= 0.3 is 0 Å². The highest BCUT2D eigenvalue weighted by atomic mass is 14.7. The highest BCUT2D eigenvalue weighted by Gasteiger charge is 2.29. The van der Waals surface area contributed by atoms with Crippen LogP contribution in [-0.4, -0.2) is 0 Å². The summed E-state index contributed by atoms with van der Waals surface area (Å²) in [6.45, 7) is 2.23. The van der Waals surface area contributed by atoms with E-state index in [2.05, 4.69) is 31.2 Å². The molecule has 0 spiro atoms. The van der Waals surface area contributed by atoms with Crippen molar-refractivity contribution >= 4 is 0 Å². The maximum Gasteiger partial charge on any atom is 0.0409 e. The third-order valence-electron chi connectivity index (χ3n) is 3.79. The van der Waals surface area contributed by atoms with Crippen LogP contribution < -0.4 is 5.73 Å². The molecule has 2 N–H and O–H groups in total. The largest absolute Gasteiger partial charge is 0.321 e. The molecule has 0 amide bonds. The summed E-state index contributed by atoms with van der Waals surface area (Å²) in [4.78, 5) is 0. The van der Waals surface area contributed by atoms with Gasteiger partial charge in [-0.2, -0.15) is 0 Å². The van der Waals surface area contributed by atoms with E-state index in [1.165, 1.54) is 43.2 Å². The van der Waals surface area contributed by atoms with Gasteiger partial charge in [0.25, 0.3) is 0 Å². The van der Waals surface area contributed by atoms with E-state index in [0.717, 1.165) is 12.8 Å². The van der Waals surface area contributed by atoms with Gasteiger partial charge in [0.1, 0.15) is 0 Å². The van der Waals surface area contributed by atoms with Crippen LogP contribution in [0.15, 0.2) is 24.3 Å². The molecule has 0 radical (unpaired) electrons. The van der Waals surface area contributed by atoms with Gasteiger partial charge in [0.15, 0.2) is 0 Å². The standard InChI is InChI=1S/C15H23N/c1-2-7-13-8-6-9-14(12-13)15(16)10-4-3-5-11-15/h6,8-9,12H,2-5,7,10-11,16H2,1H3. The summed E-state index contributed by atoms with van der Waals surface area (Å²) in [5.74, 6) is 0. The van der Waals surface area contributed by atoms with Crippen LogP contribution >= 0.6 is 0 Å². The fourth-order valence-electron chi connectivity index (χ4n) is 2.80. The lowest BCUT2D eigenvalue weighted by Crippen LogP contribution is -2.38. The molecule has 1 nitrogen and oxygen atoms in total. The van der Waals surface area contributed by atoms with Crippen molar-refractivity contribution in [3.63, 3.8) is 0 Å². The van der Waals surface area contributed by atoms with Crippen molar-refractivity contribution in [2.45, 2.75) is 57.4 Å². The number of aryl methyl sites for hydroxylation is 1. The summed E-state index contributed by atoms with van der Waals surface area (Å²) in [6, 6.07) is 8.93. The van der Waals surface area contributed by atoms with Crippen LogP contribution in [0.5, 0.6) is 0 Å². The van der Waals surface area contributed by atoms with E-state index >= 15 is 0 Å². The van der Waals surface area contributed by atoms with Crippen molar-refractivity contribution < 1.29 is 0 Å². The van der Waals surface area contributed by atoms with Crippen LogP contribution in [0.2, 0.25) is 0 Å². The third-order valence-corrected chi connectivity index (χ3v) is 3.79. The average molecular weight is 217 g/mol. The fourth-order valence-corrected chi connectivity index (χ4v) is 2.80. The molecule has 0 unspecified atom stereocenters. The Hall–Kier alpha value is -0.820. The van der Waals surface area contributed by atoms with E-state index in [4.69, 9.17) is 5.73 Å². The molecule has 1 aliphatic rings. The molecule has 88 valence electrons.